The number of unbranched alkanes of at least 4 members (excludes halogenated alkanes) is 1. The highest BCUT2D eigenvalue weighted by Gasteiger charge is 2.39. The maximum absolute atomic E-state index is 12.1. The van der Waals surface area contributed by atoms with Crippen LogP contribution < -0.4 is 5.32 Å². The topological polar surface area (TPSA) is 35.8 Å². The number of nitriles is 1. The minimum absolute atomic E-state index is 0.304. The van der Waals surface area contributed by atoms with E-state index in [1.165, 1.54) is 6.07 Å². The molecule has 0 amide bonds. The Kier molecular flexibility index (Phi) is 7.15. The Morgan fingerprint density at radius 2 is 1.88 bits per heavy atom. The lowest BCUT2D eigenvalue weighted by molar-refractivity contribution is -0.157. The second-order valence-electron chi connectivity index (χ2n) is 4.32. The van der Waals surface area contributed by atoms with E-state index in [1.807, 2.05) is 0 Å². The Morgan fingerprint density at radius 3 is 2.31 bits per heavy atom. The van der Waals surface area contributed by atoms with Crippen LogP contribution in [0.15, 0.2) is 0 Å². The molecule has 0 rings (SSSR count). The smallest absolute Gasteiger partial charge is 0.315 e. The molecule has 0 aromatic carbocycles. The number of halogens is 3. The fraction of sp³-hybridized carbons (Fsp3) is 0.909. The summed E-state index contributed by atoms with van der Waals surface area (Å²) in [6.07, 6.45) is -1.47. The number of nitrogens with zero attached hydrogens (tertiary/aromatic N) is 1. The van der Waals surface area contributed by atoms with E-state index in [4.69, 9.17) is 5.26 Å². The summed E-state index contributed by atoms with van der Waals surface area (Å²) in [6.45, 7) is 4.47. The van der Waals surface area contributed by atoms with Crippen molar-refractivity contribution in [2.75, 3.05) is 13.1 Å². The van der Waals surface area contributed by atoms with E-state index < -0.39 is 12.1 Å². The molecule has 2 nitrogen and oxygen atoms in total. The van der Waals surface area contributed by atoms with Crippen molar-refractivity contribution in [3.63, 3.8) is 0 Å². The lowest BCUT2D eigenvalue weighted by Gasteiger charge is -2.13. The molecule has 0 fully saturated rings. The van der Waals surface area contributed by atoms with Crippen molar-refractivity contribution in [1.82, 2.24) is 5.32 Å². The van der Waals surface area contributed by atoms with Gasteiger partial charge in [-0.05, 0) is 18.9 Å². The first-order chi connectivity index (χ1) is 7.38. The molecule has 0 bridgehead atoms. The van der Waals surface area contributed by atoms with Gasteiger partial charge in [0.15, 0.2) is 5.92 Å². The van der Waals surface area contributed by atoms with E-state index in [1.54, 1.807) is 0 Å². The van der Waals surface area contributed by atoms with Gasteiger partial charge in [-0.3, -0.25) is 0 Å². The molecule has 1 unspecified atom stereocenters. The summed E-state index contributed by atoms with van der Waals surface area (Å²) in [5.74, 6) is -1.26. The van der Waals surface area contributed by atoms with Crippen LogP contribution in [0.25, 0.3) is 0 Å². The number of hydrogen-bond donors (Lipinski definition) is 1. The standard InChI is InChI=1S/C11H19F3N2/c1-9(2)5-3-4-6-16-8-10(7-15)11(12,13)14/h9-10,16H,3-6,8H2,1-2H3. The molecule has 1 atom stereocenters. The summed E-state index contributed by atoms with van der Waals surface area (Å²) in [7, 11) is 0. The summed E-state index contributed by atoms with van der Waals surface area (Å²) in [4.78, 5) is 0. The minimum Gasteiger partial charge on any atom is -0.315 e. The van der Waals surface area contributed by atoms with Crippen LogP contribution in [-0.2, 0) is 0 Å². The Balaban J connectivity index is 3.55. The van der Waals surface area contributed by atoms with E-state index in [2.05, 4.69) is 19.2 Å². The van der Waals surface area contributed by atoms with Gasteiger partial charge in [-0.2, -0.15) is 18.4 Å². The zero-order valence-corrected chi connectivity index (χ0v) is 9.77. The molecule has 0 aromatic rings. The predicted molar refractivity (Wildman–Crippen MR) is 56.7 cm³/mol. The van der Waals surface area contributed by atoms with Gasteiger partial charge in [-0.1, -0.05) is 26.7 Å². The van der Waals surface area contributed by atoms with Crippen molar-refractivity contribution >= 4 is 0 Å². The summed E-state index contributed by atoms with van der Waals surface area (Å²) in [6, 6.07) is 1.26. The Morgan fingerprint density at radius 1 is 1.25 bits per heavy atom. The molecule has 0 saturated carbocycles. The third kappa shape index (κ3) is 7.52. The van der Waals surface area contributed by atoms with Gasteiger partial charge in [0.2, 0.25) is 0 Å². The Labute approximate surface area is 94.8 Å². The zero-order valence-electron chi connectivity index (χ0n) is 9.77. The van der Waals surface area contributed by atoms with Gasteiger partial charge in [-0.25, -0.2) is 0 Å². The van der Waals surface area contributed by atoms with Gasteiger partial charge in [0, 0.05) is 6.54 Å². The van der Waals surface area contributed by atoms with Gasteiger partial charge in [0.1, 0.15) is 0 Å². The molecular formula is C11H19F3N2. The molecule has 1 N–H and O–H groups in total. The third-order valence-corrected chi connectivity index (χ3v) is 2.28. The van der Waals surface area contributed by atoms with E-state index in [-0.39, 0.29) is 6.54 Å². The molecular weight excluding hydrogens is 217 g/mol. The highest BCUT2D eigenvalue weighted by atomic mass is 19.4. The highest BCUT2D eigenvalue weighted by Crippen LogP contribution is 2.24. The van der Waals surface area contributed by atoms with Crippen LogP contribution in [0.1, 0.15) is 33.1 Å². The van der Waals surface area contributed by atoms with Gasteiger partial charge in [0.05, 0.1) is 6.07 Å². The van der Waals surface area contributed by atoms with Crippen molar-refractivity contribution in [1.29, 1.82) is 5.26 Å². The SMILES string of the molecule is CC(C)CCCCNCC(C#N)C(F)(F)F. The molecule has 0 aliphatic heterocycles. The van der Waals surface area contributed by atoms with Crippen LogP contribution in [0.2, 0.25) is 0 Å². The first kappa shape index (κ1) is 15.2. The lowest BCUT2D eigenvalue weighted by Crippen LogP contribution is -2.32. The molecule has 16 heavy (non-hydrogen) atoms. The summed E-state index contributed by atoms with van der Waals surface area (Å²) >= 11 is 0. The van der Waals surface area contributed by atoms with Gasteiger partial charge in [-0.15, -0.1) is 0 Å². The fourth-order valence-electron chi connectivity index (χ4n) is 1.28. The van der Waals surface area contributed by atoms with Gasteiger partial charge in [0.25, 0.3) is 0 Å². The summed E-state index contributed by atoms with van der Waals surface area (Å²) in [5, 5.41) is 11.0. The highest BCUT2D eigenvalue weighted by molar-refractivity contribution is 4.89. The average Bonchev–Trinajstić information content (AvgIpc) is 2.14. The van der Waals surface area contributed by atoms with Gasteiger partial charge < -0.3 is 5.32 Å². The number of hydrogen-bond acceptors (Lipinski definition) is 2. The van der Waals surface area contributed by atoms with Crippen molar-refractivity contribution in [2.24, 2.45) is 11.8 Å². The Bertz CT molecular complexity index is 218. The zero-order chi connectivity index (χ0) is 12.6. The van der Waals surface area contributed by atoms with Gasteiger partial charge >= 0.3 is 6.18 Å². The van der Waals surface area contributed by atoms with Crippen LogP contribution in [0.4, 0.5) is 13.2 Å². The number of rotatable bonds is 7. The maximum Gasteiger partial charge on any atom is 0.405 e. The van der Waals surface area contributed by atoms with Crippen LogP contribution in [0, 0.1) is 23.2 Å². The van der Waals surface area contributed by atoms with Crippen LogP contribution >= 0.6 is 0 Å². The van der Waals surface area contributed by atoms with Crippen LogP contribution in [0.3, 0.4) is 0 Å². The quantitative estimate of drug-likeness (QED) is 0.689. The molecule has 0 radical (unpaired) electrons. The van der Waals surface area contributed by atoms with E-state index in [9.17, 15) is 13.2 Å². The monoisotopic (exact) mass is 236 g/mol. The van der Waals surface area contributed by atoms with Crippen LogP contribution in [-0.4, -0.2) is 19.3 Å². The molecule has 0 aromatic heterocycles. The first-order valence-corrected chi connectivity index (χ1v) is 5.55. The summed E-state index contributed by atoms with van der Waals surface area (Å²) in [5.41, 5.74) is 0. The summed E-state index contributed by atoms with van der Waals surface area (Å²) < 4.78 is 36.4. The van der Waals surface area contributed by atoms with Crippen molar-refractivity contribution in [3.8, 4) is 6.07 Å². The second-order valence-corrected chi connectivity index (χ2v) is 4.32. The number of alkyl halides is 3. The molecule has 0 saturated heterocycles. The maximum atomic E-state index is 12.1. The molecule has 0 heterocycles. The van der Waals surface area contributed by atoms with E-state index in [0.29, 0.717) is 12.5 Å². The average molecular weight is 236 g/mol. The second kappa shape index (κ2) is 7.50. The van der Waals surface area contributed by atoms with Crippen LogP contribution in [0.5, 0.6) is 0 Å². The molecule has 0 spiro atoms. The molecule has 0 aliphatic rings. The lowest BCUT2D eigenvalue weighted by atomic mass is 10.1. The molecule has 0 aliphatic carbocycles. The largest absolute Gasteiger partial charge is 0.405 e. The first-order valence-electron chi connectivity index (χ1n) is 5.55. The molecule has 5 heteroatoms. The Hall–Kier alpha value is -0.760. The van der Waals surface area contributed by atoms with Crippen molar-refractivity contribution < 1.29 is 13.2 Å². The minimum atomic E-state index is -4.42. The third-order valence-electron chi connectivity index (χ3n) is 2.28. The predicted octanol–water partition coefficient (Wildman–Crippen LogP) is 3.10. The van der Waals surface area contributed by atoms with E-state index >= 15 is 0 Å². The van der Waals surface area contributed by atoms with Crippen molar-refractivity contribution in [3.05, 3.63) is 0 Å². The normalized spacial score (nSPS) is 13.8. The van der Waals surface area contributed by atoms with E-state index in [0.717, 1.165) is 19.3 Å². The molecule has 94 valence electrons. The fourth-order valence-corrected chi connectivity index (χ4v) is 1.28. The van der Waals surface area contributed by atoms with Crippen molar-refractivity contribution in [2.45, 2.75) is 39.3 Å². The number of nitrogens with one attached hydrogen (secondary N) is 1.